The van der Waals surface area contributed by atoms with Crippen LogP contribution in [0.15, 0.2) is 24.3 Å². The second kappa shape index (κ2) is 6.40. The van der Waals surface area contributed by atoms with Crippen molar-refractivity contribution in [2.75, 3.05) is 7.11 Å². The minimum atomic E-state index is -0.0471. The van der Waals surface area contributed by atoms with Gasteiger partial charge >= 0.3 is 0 Å². The Kier molecular flexibility index (Phi) is 5.16. The van der Waals surface area contributed by atoms with Crippen LogP contribution in [-0.4, -0.2) is 25.1 Å². The Bertz CT molecular complexity index is 354. The maximum absolute atomic E-state index is 11.8. The molecule has 1 rings (SSSR count). The van der Waals surface area contributed by atoms with Crippen LogP contribution in [-0.2, 0) is 4.74 Å². The summed E-state index contributed by atoms with van der Waals surface area (Å²) < 4.78 is 10.6. The first-order valence-electron chi connectivity index (χ1n) is 5.85. The normalized spacial score (nSPS) is 12.5. The summed E-state index contributed by atoms with van der Waals surface area (Å²) in [5.74, 6) is 0.881. The zero-order valence-corrected chi connectivity index (χ0v) is 10.9. The lowest BCUT2D eigenvalue weighted by molar-refractivity contribution is 0.0792. The van der Waals surface area contributed by atoms with Crippen molar-refractivity contribution in [2.45, 2.75) is 39.4 Å². The van der Waals surface area contributed by atoms with Gasteiger partial charge in [0.15, 0.2) is 5.78 Å². The number of methoxy groups -OCH3 is 1. The van der Waals surface area contributed by atoms with Crippen LogP contribution in [0, 0.1) is 0 Å². The SMILES string of the molecule is COC(C)CC(=O)c1ccc(OC(C)C)cc1. The second-order valence-electron chi connectivity index (χ2n) is 4.36. The molecule has 1 aromatic rings. The molecule has 1 unspecified atom stereocenters. The van der Waals surface area contributed by atoms with Crippen LogP contribution in [0.2, 0.25) is 0 Å². The Balaban J connectivity index is 2.64. The van der Waals surface area contributed by atoms with Gasteiger partial charge in [-0.15, -0.1) is 0 Å². The van der Waals surface area contributed by atoms with Gasteiger partial charge in [0.25, 0.3) is 0 Å². The van der Waals surface area contributed by atoms with E-state index in [1.807, 2.05) is 32.9 Å². The minimum absolute atomic E-state index is 0.0471. The standard InChI is InChI=1S/C14H20O3/c1-10(2)17-13-7-5-12(6-8-13)14(15)9-11(3)16-4/h5-8,10-11H,9H2,1-4H3. The van der Waals surface area contributed by atoms with Gasteiger partial charge in [0.05, 0.1) is 12.2 Å². The number of carbonyl (C=O) groups excluding carboxylic acids is 1. The number of hydrogen-bond donors (Lipinski definition) is 0. The molecule has 0 N–H and O–H groups in total. The van der Waals surface area contributed by atoms with E-state index in [2.05, 4.69) is 0 Å². The summed E-state index contributed by atoms with van der Waals surface area (Å²) in [5, 5.41) is 0. The summed E-state index contributed by atoms with van der Waals surface area (Å²) in [4.78, 5) is 11.8. The fourth-order valence-corrected chi connectivity index (χ4v) is 1.45. The molecule has 0 saturated heterocycles. The molecule has 0 amide bonds. The quantitative estimate of drug-likeness (QED) is 0.712. The molecule has 3 nitrogen and oxygen atoms in total. The van der Waals surface area contributed by atoms with Crippen molar-refractivity contribution >= 4 is 5.78 Å². The van der Waals surface area contributed by atoms with Crippen molar-refractivity contribution < 1.29 is 14.3 Å². The van der Waals surface area contributed by atoms with Gasteiger partial charge in [0.2, 0.25) is 0 Å². The van der Waals surface area contributed by atoms with Gasteiger partial charge in [0.1, 0.15) is 5.75 Å². The van der Waals surface area contributed by atoms with E-state index in [0.717, 1.165) is 5.75 Å². The van der Waals surface area contributed by atoms with Crippen LogP contribution in [0.5, 0.6) is 5.75 Å². The number of benzene rings is 1. The second-order valence-corrected chi connectivity index (χ2v) is 4.36. The number of carbonyl (C=O) groups is 1. The molecule has 1 atom stereocenters. The third-order valence-electron chi connectivity index (χ3n) is 2.42. The van der Waals surface area contributed by atoms with Crippen molar-refractivity contribution in [3.63, 3.8) is 0 Å². The van der Waals surface area contributed by atoms with Gasteiger partial charge < -0.3 is 9.47 Å². The lowest BCUT2D eigenvalue weighted by atomic mass is 10.1. The Labute approximate surface area is 103 Å². The molecule has 0 heterocycles. The molecule has 94 valence electrons. The van der Waals surface area contributed by atoms with Crippen LogP contribution < -0.4 is 4.74 Å². The summed E-state index contributed by atoms with van der Waals surface area (Å²) in [7, 11) is 1.61. The van der Waals surface area contributed by atoms with E-state index in [0.29, 0.717) is 12.0 Å². The van der Waals surface area contributed by atoms with Crippen LogP contribution in [0.4, 0.5) is 0 Å². The molecular formula is C14H20O3. The third kappa shape index (κ3) is 4.57. The largest absolute Gasteiger partial charge is 0.491 e. The molecule has 0 bridgehead atoms. The van der Waals surface area contributed by atoms with E-state index in [1.165, 1.54) is 0 Å². The Morgan fingerprint density at radius 1 is 1.18 bits per heavy atom. The molecule has 1 aromatic carbocycles. The molecule has 0 aliphatic carbocycles. The molecule has 0 radical (unpaired) electrons. The Morgan fingerprint density at radius 2 is 1.76 bits per heavy atom. The van der Waals surface area contributed by atoms with E-state index in [4.69, 9.17) is 9.47 Å². The maximum Gasteiger partial charge on any atom is 0.165 e. The fourth-order valence-electron chi connectivity index (χ4n) is 1.45. The molecule has 0 aliphatic rings. The first kappa shape index (κ1) is 13.7. The average Bonchev–Trinajstić information content (AvgIpc) is 2.28. The van der Waals surface area contributed by atoms with Gasteiger partial charge in [0, 0.05) is 19.1 Å². The van der Waals surface area contributed by atoms with Crippen molar-refractivity contribution in [3.8, 4) is 5.75 Å². The Hall–Kier alpha value is -1.35. The lowest BCUT2D eigenvalue weighted by Gasteiger charge is -2.11. The summed E-state index contributed by atoms with van der Waals surface area (Å²) in [6.07, 6.45) is 0.500. The number of ketones is 1. The van der Waals surface area contributed by atoms with Crippen LogP contribution >= 0.6 is 0 Å². The van der Waals surface area contributed by atoms with Gasteiger partial charge in [-0.2, -0.15) is 0 Å². The topological polar surface area (TPSA) is 35.5 Å². The van der Waals surface area contributed by atoms with Crippen LogP contribution in [0.1, 0.15) is 37.6 Å². The maximum atomic E-state index is 11.8. The van der Waals surface area contributed by atoms with E-state index >= 15 is 0 Å². The van der Waals surface area contributed by atoms with Crippen molar-refractivity contribution in [3.05, 3.63) is 29.8 Å². The first-order valence-corrected chi connectivity index (χ1v) is 5.85. The molecule has 0 aromatic heterocycles. The van der Waals surface area contributed by atoms with E-state index in [-0.39, 0.29) is 18.0 Å². The highest BCUT2D eigenvalue weighted by molar-refractivity contribution is 5.96. The highest BCUT2D eigenvalue weighted by Gasteiger charge is 2.10. The molecule has 3 heteroatoms. The van der Waals surface area contributed by atoms with Gasteiger partial charge in [-0.25, -0.2) is 0 Å². The average molecular weight is 236 g/mol. The van der Waals surface area contributed by atoms with Gasteiger partial charge in [-0.1, -0.05) is 0 Å². The zero-order chi connectivity index (χ0) is 12.8. The fraction of sp³-hybridized carbons (Fsp3) is 0.500. The van der Waals surface area contributed by atoms with E-state index in [9.17, 15) is 4.79 Å². The summed E-state index contributed by atoms with van der Waals surface area (Å²) in [6.45, 7) is 5.83. The summed E-state index contributed by atoms with van der Waals surface area (Å²) >= 11 is 0. The van der Waals surface area contributed by atoms with Crippen LogP contribution in [0.25, 0.3) is 0 Å². The number of rotatable bonds is 6. The highest BCUT2D eigenvalue weighted by atomic mass is 16.5. The zero-order valence-electron chi connectivity index (χ0n) is 10.9. The molecule has 0 fully saturated rings. The Morgan fingerprint density at radius 3 is 2.24 bits per heavy atom. The molecule has 0 aliphatic heterocycles. The number of ether oxygens (including phenoxy) is 2. The monoisotopic (exact) mass is 236 g/mol. The van der Waals surface area contributed by atoms with Gasteiger partial charge in [-0.05, 0) is 45.0 Å². The van der Waals surface area contributed by atoms with Crippen molar-refractivity contribution in [1.29, 1.82) is 0 Å². The molecule has 0 saturated carbocycles. The van der Waals surface area contributed by atoms with Crippen LogP contribution in [0.3, 0.4) is 0 Å². The summed E-state index contributed by atoms with van der Waals surface area (Å²) in [6, 6.07) is 7.24. The predicted molar refractivity (Wildman–Crippen MR) is 67.6 cm³/mol. The third-order valence-corrected chi connectivity index (χ3v) is 2.42. The predicted octanol–water partition coefficient (Wildman–Crippen LogP) is 3.08. The van der Waals surface area contributed by atoms with Crippen molar-refractivity contribution in [1.82, 2.24) is 0 Å². The van der Waals surface area contributed by atoms with Gasteiger partial charge in [-0.3, -0.25) is 4.79 Å². The number of Topliss-reactive ketones (excluding diaryl/α,β-unsaturated/α-hetero) is 1. The highest BCUT2D eigenvalue weighted by Crippen LogP contribution is 2.15. The number of hydrogen-bond acceptors (Lipinski definition) is 3. The van der Waals surface area contributed by atoms with Crippen molar-refractivity contribution in [2.24, 2.45) is 0 Å². The minimum Gasteiger partial charge on any atom is -0.491 e. The molecule has 0 spiro atoms. The smallest absolute Gasteiger partial charge is 0.165 e. The van der Waals surface area contributed by atoms with E-state index in [1.54, 1.807) is 19.2 Å². The first-order chi connectivity index (χ1) is 8.02. The van der Waals surface area contributed by atoms with E-state index < -0.39 is 0 Å². The lowest BCUT2D eigenvalue weighted by Crippen LogP contribution is -2.12. The molecular weight excluding hydrogens is 216 g/mol. The summed E-state index contributed by atoms with van der Waals surface area (Å²) in [5.41, 5.74) is 0.699. The molecule has 17 heavy (non-hydrogen) atoms.